The van der Waals surface area contributed by atoms with Gasteiger partial charge in [-0.25, -0.2) is 26.3 Å². The first-order valence-corrected chi connectivity index (χ1v) is 10.6. The minimum atomic E-state index is -4.98. The number of aryl methyl sites for hydroxylation is 1. The summed E-state index contributed by atoms with van der Waals surface area (Å²) < 4.78 is 120. The molecule has 190 valence electrons. The van der Waals surface area contributed by atoms with Gasteiger partial charge < -0.3 is 9.84 Å². The summed E-state index contributed by atoms with van der Waals surface area (Å²) in [4.78, 5) is 0. The van der Waals surface area contributed by atoms with Gasteiger partial charge in [-0.3, -0.25) is 0 Å². The smallest absolute Gasteiger partial charge is 0.432 e. The number of phenols is 1. The first-order chi connectivity index (χ1) is 16.9. The molecule has 0 bridgehead atoms. The molecule has 0 aromatic heterocycles. The van der Waals surface area contributed by atoms with Gasteiger partial charge in [-0.05, 0) is 30.5 Å². The van der Waals surface area contributed by atoms with Crippen molar-refractivity contribution in [2.75, 3.05) is 0 Å². The van der Waals surface area contributed by atoms with Gasteiger partial charge >= 0.3 is 6.11 Å². The molecule has 0 atom stereocenters. The van der Waals surface area contributed by atoms with Crippen molar-refractivity contribution in [3.05, 3.63) is 81.9 Å². The highest BCUT2D eigenvalue weighted by Crippen LogP contribution is 2.44. The van der Waals surface area contributed by atoms with E-state index in [9.17, 15) is 35.8 Å². The van der Waals surface area contributed by atoms with Gasteiger partial charge in [0.05, 0.1) is 11.1 Å². The number of benzene rings is 3. The van der Waals surface area contributed by atoms with Crippen molar-refractivity contribution in [2.45, 2.75) is 38.7 Å². The van der Waals surface area contributed by atoms with E-state index in [2.05, 4.69) is 4.74 Å². The van der Waals surface area contributed by atoms with Gasteiger partial charge in [0.25, 0.3) is 0 Å². The fourth-order valence-corrected chi connectivity index (χ4v) is 3.61. The summed E-state index contributed by atoms with van der Waals surface area (Å²) in [5.41, 5.74) is -5.72. The number of ether oxygens (including phenoxy) is 1. The van der Waals surface area contributed by atoms with Crippen LogP contribution in [0.3, 0.4) is 0 Å². The standard InChI is InChI=1S/C25H17F8NO2/c1-2-3-4-5-12-6-17(28)21(18(29)7-12)22-20(35)10-19(30)23(24(22)31)25(32,33)36-13-8-15(26)14(11-34)16(27)9-13/h6-10,35H,2-5H2,1H3. The average Bonchev–Trinajstić information content (AvgIpc) is 2.74. The van der Waals surface area contributed by atoms with Crippen molar-refractivity contribution in [1.82, 2.24) is 0 Å². The molecule has 3 aromatic rings. The summed E-state index contributed by atoms with van der Waals surface area (Å²) in [5.74, 6) is -12.9. The molecule has 0 radical (unpaired) electrons. The molecular formula is C25H17F8NO2. The minimum Gasteiger partial charge on any atom is -0.507 e. The molecule has 0 unspecified atom stereocenters. The summed E-state index contributed by atoms with van der Waals surface area (Å²) in [6, 6.07) is 3.20. The largest absolute Gasteiger partial charge is 0.507 e. The van der Waals surface area contributed by atoms with Crippen LogP contribution in [0.2, 0.25) is 0 Å². The van der Waals surface area contributed by atoms with Gasteiger partial charge in [0.15, 0.2) is 5.82 Å². The minimum absolute atomic E-state index is 0.000990. The van der Waals surface area contributed by atoms with Crippen molar-refractivity contribution in [1.29, 1.82) is 5.26 Å². The molecule has 0 amide bonds. The van der Waals surface area contributed by atoms with Crippen LogP contribution < -0.4 is 4.74 Å². The third-order valence-corrected chi connectivity index (χ3v) is 5.28. The molecule has 3 rings (SSSR count). The summed E-state index contributed by atoms with van der Waals surface area (Å²) >= 11 is 0. The first kappa shape index (κ1) is 26.8. The third-order valence-electron chi connectivity index (χ3n) is 5.28. The highest BCUT2D eigenvalue weighted by atomic mass is 19.3. The Kier molecular flexibility index (Phi) is 7.77. The van der Waals surface area contributed by atoms with Crippen molar-refractivity contribution < 1.29 is 45.0 Å². The maximum Gasteiger partial charge on any atom is 0.432 e. The maximum atomic E-state index is 15.2. The fraction of sp³-hybridized carbons (Fsp3) is 0.240. The number of hydrogen-bond donors (Lipinski definition) is 1. The Labute approximate surface area is 200 Å². The van der Waals surface area contributed by atoms with Crippen LogP contribution in [0.25, 0.3) is 11.1 Å². The number of hydrogen-bond acceptors (Lipinski definition) is 3. The zero-order valence-corrected chi connectivity index (χ0v) is 18.5. The van der Waals surface area contributed by atoms with Gasteiger partial charge in [0.2, 0.25) is 0 Å². The fourth-order valence-electron chi connectivity index (χ4n) is 3.61. The number of halogens is 8. The zero-order valence-electron chi connectivity index (χ0n) is 18.5. The highest BCUT2D eigenvalue weighted by molar-refractivity contribution is 5.73. The normalized spacial score (nSPS) is 11.4. The lowest BCUT2D eigenvalue weighted by atomic mass is 9.96. The molecule has 0 heterocycles. The molecule has 0 saturated carbocycles. The highest BCUT2D eigenvalue weighted by Gasteiger charge is 2.43. The molecule has 0 aliphatic carbocycles. The Morgan fingerprint density at radius 1 is 0.833 bits per heavy atom. The Morgan fingerprint density at radius 2 is 1.42 bits per heavy atom. The molecule has 3 nitrogen and oxygen atoms in total. The number of nitrogens with zero attached hydrogens (tertiary/aromatic N) is 1. The second-order valence-corrected chi connectivity index (χ2v) is 7.83. The van der Waals surface area contributed by atoms with Crippen molar-refractivity contribution >= 4 is 0 Å². The molecule has 0 aliphatic rings. The van der Waals surface area contributed by atoms with E-state index in [-0.39, 0.29) is 30.2 Å². The Hall–Kier alpha value is -3.81. The van der Waals surface area contributed by atoms with Crippen molar-refractivity contribution in [3.8, 4) is 28.7 Å². The van der Waals surface area contributed by atoms with E-state index in [4.69, 9.17) is 5.26 Å². The van der Waals surface area contributed by atoms with Crippen LogP contribution >= 0.6 is 0 Å². The quantitative estimate of drug-likeness (QED) is 0.248. The second kappa shape index (κ2) is 10.4. The lowest BCUT2D eigenvalue weighted by Crippen LogP contribution is -2.26. The summed E-state index contributed by atoms with van der Waals surface area (Å²) in [6.07, 6.45) is -2.51. The van der Waals surface area contributed by atoms with E-state index >= 15 is 4.39 Å². The Balaban J connectivity index is 2.10. The van der Waals surface area contributed by atoms with Crippen molar-refractivity contribution in [3.63, 3.8) is 0 Å². The van der Waals surface area contributed by atoms with Gasteiger partial charge in [0.1, 0.15) is 57.8 Å². The van der Waals surface area contributed by atoms with E-state index in [1.165, 1.54) is 0 Å². The number of aromatic hydroxyl groups is 1. The van der Waals surface area contributed by atoms with E-state index < -0.39 is 74.8 Å². The molecule has 0 spiro atoms. The summed E-state index contributed by atoms with van der Waals surface area (Å²) in [6.45, 7) is 1.91. The third kappa shape index (κ3) is 5.22. The van der Waals surface area contributed by atoms with Gasteiger partial charge in [-0.2, -0.15) is 14.0 Å². The van der Waals surface area contributed by atoms with Crippen LogP contribution in [0.1, 0.15) is 42.9 Å². The number of unbranched alkanes of at least 4 members (excludes halogenated alkanes) is 2. The lowest BCUT2D eigenvalue weighted by molar-refractivity contribution is -0.189. The van der Waals surface area contributed by atoms with E-state index in [1.807, 2.05) is 6.92 Å². The predicted octanol–water partition coefficient (Wildman–Crippen LogP) is 7.63. The van der Waals surface area contributed by atoms with Gasteiger partial charge in [-0.15, -0.1) is 0 Å². The predicted molar refractivity (Wildman–Crippen MR) is 112 cm³/mol. The summed E-state index contributed by atoms with van der Waals surface area (Å²) in [5, 5.41) is 18.6. The number of nitriles is 1. The SMILES string of the molecule is CCCCCc1cc(F)c(-c2c(O)cc(F)c(C(F)(F)Oc3cc(F)c(C#N)c(F)c3)c2F)c(F)c1. The van der Waals surface area contributed by atoms with Crippen LogP contribution in [0, 0.1) is 46.2 Å². The average molecular weight is 515 g/mol. The van der Waals surface area contributed by atoms with Gasteiger partial charge in [0, 0.05) is 18.2 Å². The van der Waals surface area contributed by atoms with Crippen LogP contribution in [-0.4, -0.2) is 5.11 Å². The van der Waals surface area contributed by atoms with Crippen molar-refractivity contribution in [2.24, 2.45) is 0 Å². The van der Waals surface area contributed by atoms with E-state index in [0.29, 0.717) is 6.42 Å². The molecule has 11 heteroatoms. The number of rotatable bonds is 8. The number of alkyl halides is 2. The molecule has 0 saturated heterocycles. The monoisotopic (exact) mass is 515 g/mol. The molecule has 0 fully saturated rings. The van der Waals surface area contributed by atoms with Crippen LogP contribution in [0.5, 0.6) is 11.5 Å². The molecule has 36 heavy (non-hydrogen) atoms. The first-order valence-electron chi connectivity index (χ1n) is 10.6. The lowest BCUT2D eigenvalue weighted by Gasteiger charge is -2.21. The van der Waals surface area contributed by atoms with E-state index in [1.54, 1.807) is 0 Å². The second-order valence-electron chi connectivity index (χ2n) is 7.83. The van der Waals surface area contributed by atoms with Crippen LogP contribution in [0.4, 0.5) is 35.1 Å². The maximum absolute atomic E-state index is 15.2. The topological polar surface area (TPSA) is 53.2 Å². The molecule has 0 aliphatic heterocycles. The Bertz CT molecular complexity index is 1300. The van der Waals surface area contributed by atoms with Crippen LogP contribution in [0.15, 0.2) is 30.3 Å². The number of phenolic OH excluding ortho intramolecular Hbond substituents is 1. The molecular weight excluding hydrogens is 498 g/mol. The Morgan fingerprint density at radius 3 is 1.94 bits per heavy atom. The summed E-state index contributed by atoms with van der Waals surface area (Å²) in [7, 11) is 0. The van der Waals surface area contributed by atoms with E-state index in [0.717, 1.165) is 31.0 Å². The zero-order chi connectivity index (χ0) is 26.8. The van der Waals surface area contributed by atoms with Gasteiger partial charge in [-0.1, -0.05) is 19.8 Å². The van der Waals surface area contributed by atoms with Crippen LogP contribution in [-0.2, 0) is 12.5 Å². The molecule has 1 N–H and O–H groups in total. The molecule has 3 aromatic carbocycles.